The molecule has 0 saturated carbocycles. The van der Waals surface area contributed by atoms with Crippen LogP contribution >= 0.6 is 0 Å². The molecule has 0 spiro atoms. The highest BCUT2D eigenvalue weighted by atomic mass is 16.4. The van der Waals surface area contributed by atoms with Crippen LogP contribution in [0.25, 0.3) is 0 Å². The third-order valence-electron chi connectivity index (χ3n) is 4.07. The van der Waals surface area contributed by atoms with Crippen molar-refractivity contribution in [2.24, 2.45) is 5.92 Å². The normalized spacial score (nSPS) is 17.6. The van der Waals surface area contributed by atoms with Crippen molar-refractivity contribution in [2.75, 3.05) is 13.1 Å². The van der Waals surface area contributed by atoms with Gasteiger partial charge >= 0.3 is 5.97 Å². The number of carboxylic acids is 1. The van der Waals surface area contributed by atoms with Crippen LogP contribution in [0.3, 0.4) is 0 Å². The van der Waals surface area contributed by atoms with E-state index in [1.54, 1.807) is 29.2 Å². The Balaban J connectivity index is 1.79. The van der Waals surface area contributed by atoms with Gasteiger partial charge in [-0.05, 0) is 38.0 Å². The highest BCUT2D eigenvalue weighted by molar-refractivity contribution is 5.89. The predicted molar refractivity (Wildman–Crippen MR) is 85.1 cm³/mol. The Hall–Kier alpha value is -2.37. The lowest BCUT2D eigenvalue weighted by Gasteiger charge is -2.20. The summed E-state index contributed by atoms with van der Waals surface area (Å²) in [6.45, 7) is 4.84. The average molecular weight is 318 g/mol. The molecule has 1 aliphatic heterocycles. The number of carboxylic acid groups (broad SMARTS) is 1. The molecule has 1 heterocycles. The number of carbonyl (C=O) groups excluding carboxylic acids is 2. The van der Waals surface area contributed by atoms with Gasteiger partial charge in [0.15, 0.2) is 0 Å². The van der Waals surface area contributed by atoms with Crippen molar-refractivity contribution in [2.45, 2.75) is 32.7 Å². The number of nitrogens with one attached hydrogen (secondary N) is 1. The van der Waals surface area contributed by atoms with E-state index in [9.17, 15) is 14.4 Å². The van der Waals surface area contributed by atoms with Gasteiger partial charge < -0.3 is 15.3 Å². The van der Waals surface area contributed by atoms with Crippen LogP contribution in [-0.2, 0) is 16.0 Å². The first kappa shape index (κ1) is 17.0. The largest absolute Gasteiger partial charge is 0.478 e. The predicted octanol–water partition coefficient (Wildman–Crippen LogP) is 1.30. The quantitative estimate of drug-likeness (QED) is 0.828. The van der Waals surface area contributed by atoms with Gasteiger partial charge in [0.2, 0.25) is 11.8 Å². The fraction of sp³-hybridized carbons (Fsp3) is 0.471. The Labute approximate surface area is 135 Å². The van der Waals surface area contributed by atoms with Crippen molar-refractivity contribution < 1.29 is 19.5 Å². The van der Waals surface area contributed by atoms with Crippen LogP contribution in [-0.4, -0.2) is 46.9 Å². The van der Waals surface area contributed by atoms with E-state index in [-0.39, 0.29) is 35.8 Å². The van der Waals surface area contributed by atoms with E-state index < -0.39 is 5.97 Å². The van der Waals surface area contributed by atoms with Crippen LogP contribution in [0.15, 0.2) is 24.3 Å². The first-order valence-electron chi connectivity index (χ1n) is 7.78. The van der Waals surface area contributed by atoms with E-state index in [1.807, 2.05) is 13.8 Å². The van der Waals surface area contributed by atoms with E-state index in [2.05, 4.69) is 5.32 Å². The number of amides is 2. The Morgan fingerprint density at radius 1 is 1.30 bits per heavy atom. The van der Waals surface area contributed by atoms with Crippen LogP contribution in [0.4, 0.5) is 0 Å². The Kier molecular flexibility index (Phi) is 5.36. The maximum Gasteiger partial charge on any atom is 0.335 e. The molecule has 1 aromatic rings. The lowest BCUT2D eigenvalue weighted by molar-refractivity contribution is -0.129. The van der Waals surface area contributed by atoms with Gasteiger partial charge in [0.25, 0.3) is 0 Å². The molecule has 2 N–H and O–H groups in total. The van der Waals surface area contributed by atoms with Crippen molar-refractivity contribution >= 4 is 17.8 Å². The molecule has 0 aromatic heterocycles. The molecule has 1 aliphatic rings. The second-order valence-electron chi connectivity index (χ2n) is 6.08. The van der Waals surface area contributed by atoms with Crippen molar-refractivity contribution in [1.82, 2.24) is 10.2 Å². The second-order valence-corrected chi connectivity index (χ2v) is 6.08. The second kappa shape index (κ2) is 7.26. The molecule has 6 nitrogen and oxygen atoms in total. The molecule has 2 amide bonds. The maximum absolute atomic E-state index is 12.1. The third-order valence-corrected chi connectivity index (χ3v) is 4.07. The summed E-state index contributed by atoms with van der Waals surface area (Å²) >= 11 is 0. The van der Waals surface area contributed by atoms with Crippen molar-refractivity contribution in [3.8, 4) is 0 Å². The molecule has 1 atom stereocenters. The van der Waals surface area contributed by atoms with Crippen molar-refractivity contribution in [1.29, 1.82) is 0 Å². The molecular formula is C17H22N2O4. The number of hydrogen-bond acceptors (Lipinski definition) is 3. The van der Waals surface area contributed by atoms with Gasteiger partial charge in [-0.2, -0.15) is 0 Å². The molecule has 2 rings (SSSR count). The zero-order valence-corrected chi connectivity index (χ0v) is 13.4. The van der Waals surface area contributed by atoms with Gasteiger partial charge in [-0.25, -0.2) is 4.79 Å². The summed E-state index contributed by atoms with van der Waals surface area (Å²) in [6, 6.07) is 6.71. The van der Waals surface area contributed by atoms with Crippen LogP contribution in [0.2, 0.25) is 0 Å². The van der Waals surface area contributed by atoms with Gasteiger partial charge in [-0.15, -0.1) is 0 Å². The standard InChI is InChI=1S/C17H22N2O4/c1-11(2)19-10-14(9-15(19)20)16(21)18-8-7-12-3-5-13(6-4-12)17(22)23/h3-6,11,14H,7-10H2,1-2H3,(H,18,21)(H,22,23)/t14-/m0/s1. The molecule has 0 unspecified atom stereocenters. The fourth-order valence-corrected chi connectivity index (χ4v) is 2.69. The number of carbonyl (C=O) groups is 3. The van der Waals surface area contributed by atoms with Crippen LogP contribution in [0.1, 0.15) is 36.2 Å². The summed E-state index contributed by atoms with van der Waals surface area (Å²) in [5.74, 6) is -1.29. The summed E-state index contributed by atoms with van der Waals surface area (Å²) < 4.78 is 0. The lowest BCUT2D eigenvalue weighted by Crippen LogP contribution is -2.36. The molecular weight excluding hydrogens is 296 g/mol. The summed E-state index contributed by atoms with van der Waals surface area (Å²) in [5, 5.41) is 11.7. The molecule has 124 valence electrons. The van der Waals surface area contributed by atoms with Crippen LogP contribution < -0.4 is 5.32 Å². The smallest absolute Gasteiger partial charge is 0.335 e. The number of rotatable bonds is 6. The van der Waals surface area contributed by atoms with Crippen molar-refractivity contribution in [3.05, 3.63) is 35.4 Å². The summed E-state index contributed by atoms with van der Waals surface area (Å²) in [6.07, 6.45) is 0.900. The maximum atomic E-state index is 12.1. The van der Waals surface area contributed by atoms with Gasteiger partial charge in [0, 0.05) is 25.6 Å². The molecule has 0 radical (unpaired) electrons. The number of likely N-dealkylation sites (tertiary alicyclic amines) is 1. The first-order valence-corrected chi connectivity index (χ1v) is 7.78. The minimum Gasteiger partial charge on any atom is -0.478 e. The van der Waals surface area contributed by atoms with E-state index in [1.165, 1.54) is 0 Å². The fourth-order valence-electron chi connectivity index (χ4n) is 2.69. The molecule has 0 bridgehead atoms. The summed E-state index contributed by atoms with van der Waals surface area (Å²) in [5.41, 5.74) is 1.21. The monoisotopic (exact) mass is 318 g/mol. The first-order chi connectivity index (χ1) is 10.9. The zero-order chi connectivity index (χ0) is 17.0. The minimum absolute atomic E-state index is 0.0319. The van der Waals surface area contributed by atoms with Crippen LogP contribution in [0.5, 0.6) is 0 Å². The summed E-state index contributed by atoms with van der Waals surface area (Å²) in [7, 11) is 0. The Morgan fingerprint density at radius 2 is 1.96 bits per heavy atom. The molecule has 1 saturated heterocycles. The van der Waals surface area contributed by atoms with Gasteiger partial charge in [-0.1, -0.05) is 12.1 Å². The SMILES string of the molecule is CC(C)N1C[C@@H](C(=O)NCCc2ccc(C(=O)O)cc2)CC1=O. The third kappa shape index (κ3) is 4.31. The van der Waals surface area contributed by atoms with E-state index in [0.717, 1.165) is 5.56 Å². The van der Waals surface area contributed by atoms with E-state index >= 15 is 0 Å². The number of aromatic carboxylic acids is 1. The Morgan fingerprint density at radius 3 is 2.48 bits per heavy atom. The van der Waals surface area contributed by atoms with Crippen molar-refractivity contribution in [3.63, 3.8) is 0 Å². The molecule has 0 aliphatic carbocycles. The average Bonchev–Trinajstić information content (AvgIpc) is 2.90. The molecule has 1 fully saturated rings. The molecule has 6 heteroatoms. The summed E-state index contributed by atoms with van der Waals surface area (Å²) in [4.78, 5) is 36.4. The highest BCUT2D eigenvalue weighted by Gasteiger charge is 2.35. The zero-order valence-electron chi connectivity index (χ0n) is 13.4. The van der Waals surface area contributed by atoms with Gasteiger partial charge in [0.05, 0.1) is 11.5 Å². The Bertz CT molecular complexity index is 595. The minimum atomic E-state index is -0.953. The van der Waals surface area contributed by atoms with Gasteiger partial charge in [0.1, 0.15) is 0 Å². The molecule has 1 aromatic carbocycles. The number of hydrogen-bond donors (Lipinski definition) is 2. The van der Waals surface area contributed by atoms with E-state index in [0.29, 0.717) is 19.5 Å². The number of nitrogens with zero attached hydrogens (tertiary/aromatic N) is 1. The van der Waals surface area contributed by atoms with E-state index in [4.69, 9.17) is 5.11 Å². The highest BCUT2D eigenvalue weighted by Crippen LogP contribution is 2.20. The number of benzene rings is 1. The topological polar surface area (TPSA) is 86.7 Å². The molecule has 23 heavy (non-hydrogen) atoms. The lowest BCUT2D eigenvalue weighted by atomic mass is 10.1. The van der Waals surface area contributed by atoms with Gasteiger partial charge in [-0.3, -0.25) is 9.59 Å². The van der Waals surface area contributed by atoms with Crippen LogP contribution in [0, 0.1) is 5.92 Å².